The maximum atomic E-state index is 14.6. The van der Waals surface area contributed by atoms with Crippen LogP contribution in [0.2, 0.25) is 0 Å². The number of nitrogens with zero attached hydrogens (tertiary/aromatic N) is 1. The molecule has 0 spiro atoms. The molecule has 0 bridgehead atoms. The standard InChI is InChI=1S/C20H19F3N2O3S.ClH/c1-12(24-2)17-11-25(29(26,27)15-6-4-5-13(21)9-15)19(20(17)28-3)16-8-7-14(22)10-18(16)23;/h4-12,24H,1-3H3;1H. The molecule has 1 heterocycles. The maximum absolute atomic E-state index is 14.6. The summed E-state index contributed by atoms with van der Waals surface area (Å²) in [4.78, 5) is -0.317. The fourth-order valence-corrected chi connectivity index (χ4v) is 4.43. The minimum atomic E-state index is -4.31. The minimum absolute atomic E-state index is 0. The van der Waals surface area contributed by atoms with Crippen LogP contribution in [-0.4, -0.2) is 26.5 Å². The summed E-state index contributed by atoms with van der Waals surface area (Å²) >= 11 is 0. The number of aromatic nitrogens is 1. The van der Waals surface area contributed by atoms with Gasteiger partial charge in [0.2, 0.25) is 0 Å². The van der Waals surface area contributed by atoms with Crippen LogP contribution in [0.4, 0.5) is 13.2 Å². The molecule has 0 aliphatic heterocycles. The number of methoxy groups -OCH3 is 1. The van der Waals surface area contributed by atoms with E-state index < -0.39 is 27.5 Å². The van der Waals surface area contributed by atoms with Gasteiger partial charge in [0.15, 0.2) is 5.75 Å². The zero-order chi connectivity index (χ0) is 21.3. The Kier molecular flexibility index (Phi) is 7.23. The molecule has 162 valence electrons. The Bertz CT molecular complexity index is 1170. The highest BCUT2D eigenvalue weighted by Gasteiger charge is 2.30. The fourth-order valence-electron chi connectivity index (χ4n) is 3.02. The maximum Gasteiger partial charge on any atom is 0.268 e. The molecular formula is C20H20ClF3N2O3S. The first-order chi connectivity index (χ1) is 13.7. The van der Waals surface area contributed by atoms with Gasteiger partial charge < -0.3 is 10.1 Å². The third-order valence-corrected chi connectivity index (χ3v) is 6.25. The SMILES string of the molecule is CNC(C)c1cn(S(=O)(=O)c2cccc(F)c2)c(-c2ccc(F)cc2F)c1OC.Cl. The molecule has 0 aliphatic rings. The lowest BCUT2D eigenvalue weighted by molar-refractivity contribution is 0.406. The van der Waals surface area contributed by atoms with E-state index >= 15 is 0 Å². The van der Waals surface area contributed by atoms with E-state index in [9.17, 15) is 21.6 Å². The normalized spacial score (nSPS) is 12.3. The minimum Gasteiger partial charge on any atom is -0.494 e. The molecule has 0 aliphatic carbocycles. The van der Waals surface area contributed by atoms with Gasteiger partial charge in [0.1, 0.15) is 23.1 Å². The average Bonchev–Trinajstić information content (AvgIpc) is 3.07. The molecule has 2 aromatic carbocycles. The third-order valence-electron chi connectivity index (χ3n) is 4.60. The average molecular weight is 461 g/mol. The Balaban J connectivity index is 0.00000320. The first-order valence-corrected chi connectivity index (χ1v) is 10.1. The number of ether oxygens (including phenoxy) is 1. The van der Waals surface area contributed by atoms with Crippen molar-refractivity contribution in [2.45, 2.75) is 17.9 Å². The predicted molar refractivity (Wildman–Crippen MR) is 110 cm³/mol. The van der Waals surface area contributed by atoms with Crippen molar-refractivity contribution in [2.24, 2.45) is 0 Å². The molecule has 0 fully saturated rings. The molecule has 5 nitrogen and oxygen atoms in total. The van der Waals surface area contributed by atoms with Crippen LogP contribution in [-0.2, 0) is 10.0 Å². The smallest absolute Gasteiger partial charge is 0.268 e. The van der Waals surface area contributed by atoms with Gasteiger partial charge in [-0.2, -0.15) is 0 Å². The van der Waals surface area contributed by atoms with E-state index in [1.165, 1.54) is 25.4 Å². The van der Waals surface area contributed by atoms with E-state index in [0.29, 0.717) is 11.6 Å². The van der Waals surface area contributed by atoms with E-state index in [1.54, 1.807) is 14.0 Å². The number of halogens is 4. The van der Waals surface area contributed by atoms with Gasteiger partial charge in [-0.25, -0.2) is 25.6 Å². The fraction of sp³-hybridized carbons (Fsp3) is 0.200. The van der Waals surface area contributed by atoms with Gasteiger partial charge in [-0.3, -0.25) is 0 Å². The zero-order valence-electron chi connectivity index (χ0n) is 16.3. The number of nitrogens with one attached hydrogen (secondary N) is 1. The zero-order valence-corrected chi connectivity index (χ0v) is 18.0. The summed E-state index contributed by atoms with van der Waals surface area (Å²) in [6, 6.07) is 6.94. The van der Waals surface area contributed by atoms with Gasteiger partial charge in [0, 0.05) is 29.4 Å². The van der Waals surface area contributed by atoms with Crippen molar-refractivity contribution in [3.63, 3.8) is 0 Å². The number of benzene rings is 2. The van der Waals surface area contributed by atoms with Crippen molar-refractivity contribution in [3.05, 3.63) is 71.7 Å². The first-order valence-electron chi connectivity index (χ1n) is 8.63. The van der Waals surface area contributed by atoms with Crippen LogP contribution in [0.1, 0.15) is 18.5 Å². The van der Waals surface area contributed by atoms with Gasteiger partial charge in [-0.05, 0) is 44.3 Å². The Morgan fingerprint density at radius 3 is 2.30 bits per heavy atom. The second kappa shape index (κ2) is 9.11. The lowest BCUT2D eigenvalue weighted by Crippen LogP contribution is -2.15. The van der Waals surface area contributed by atoms with Gasteiger partial charge in [0.25, 0.3) is 10.0 Å². The Labute approximate surface area is 178 Å². The van der Waals surface area contributed by atoms with E-state index in [-0.39, 0.29) is 40.4 Å². The molecule has 30 heavy (non-hydrogen) atoms. The molecule has 0 saturated heterocycles. The van der Waals surface area contributed by atoms with Gasteiger partial charge in [-0.1, -0.05) is 6.07 Å². The van der Waals surface area contributed by atoms with Crippen LogP contribution >= 0.6 is 12.4 Å². The number of rotatable bonds is 6. The monoisotopic (exact) mass is 460 g/mol. The topological polar surface area (TPSA) is 60.3 Å². The Morgan fingerprint density at radius 2 is 1.73 bits per heavy atom. The van der Waals surface area contributed by atoms with E-state index in [1.807, 2.05) is 0 Å². The predicted octanol–water partition coefficient (Wildman–Crippen LogP) is 4.52. The molecule has 1 N–H and O–H groups in total. The highest BCUT2D eigenvalue weighted by Crippen LogP contribution is 2.41. The molecule has 3 aromatic rings. The second-order valence-corrected chi connectivity index (χ2v) is 8.17. The third kappa shape index (κ3) is 4.19. The van der Waals surface area contributed by atoms with E-state index in [2.05, 4.69) is 5.32 Å². The number of hydrogen-bond acceptors (Lipinski definition) is 4. The van der Waals surface area contributed by atoms with Crippen LogP contribution < -0.4 is 10.1 Å². The van der Waals surface area contributed by atoms with E-state index in [4.69, 9.17) is 4.74 Å². The second-order valence-electron chi connectivity index (χ2n) is 6.36. The summed E-state index contributed by atoms with van der Waals surface area (Å²) in [7, 11) is -1.32. The molecule has 0 amide bonds. The molecule has 0 saturated carbocycles. The van der Waals surface area contributed by atoms with Crippen LogP contribution in [0.3, 0.4) is 0 Å². The van der Waals surface area contributed by atoms with Gasteiger partial charge in [0.05, 0.1) is 12.0 Å². The largest absolute Gasteiger partial charge is 0.494 e. The van der Waals surface area contributed by atoms with Crippen LogP contribution in [0.5, 0.6) is 5.75 Å². The summed E-state index contributed by atoms with van der Waals surface area (Å²) in [6.45, 7) is 1.77. The lowest BCUT2D eigenvalue weighted by atomic mass is 10.1. The van der Waals surface area contributed by atoms with Gasteiger partial charge in [-0.15, -0.1) is 12.4 Å². The summed E-state index contributed by atoms with van der Waals surface area (Å²) in [5.74, 6) is -2.39. The van der Waals surface area contributed by atoms with Crippen molar-refractivity contribution in [2.75, 3.05) is 14.2 Å². The molecule has 10 heteroatoms. The quantitative estimate of drug-likeness (QED) is 0.587. The summed E-state index contributed by atoms with van der Waals surface area (Å²) in [5.41, 5.74) is 0.151. The highest BCUT2D eigenvalue weighted by atomic mass is 35.5. The molecule has 1 aromatic heterocycles. The van der Waals surface area contributed by atoms with Crippen LogP contribution in [0.25, 0.3) is 11.3 Å². The van der Waals surface area contributed by atoms with Crippen molar-refractivity contribution < 1.29 is 26.3 Å². The number of hydrogen-bond donors (Lipinski definition) is 1. The molecule has 1 atom stereocenters. The van der Waals surface area contributed by atoms with Crippen molar-refractivity contribution in [3.8, 4) is 17.0 Å². The molecular weight excluding hydrogens is 441 g/mol. The summed E-state index contributed by atoms with van der Waals surface area (Å²) in [5, 5.41) is 2.97. The summed E-state index contributed by atoms with van der Waals surface area (Å²) in [6.07, 6.45) is 1.29. The first kappa shape index (κ1) is 23.8. The Morgan fingerprint density at radius 1 is 1.07 bits per heavy atom. The Hall–Kier alpha value is -2.49. The highest BCUT2D eigenvalue weighted by molar-refractivity contribution is 7.90. The van der Waals surface area contributed by atoms with Gasteiger partial charge >= 0.3 is 0 Å². The molecule has 1 unspecified atom stereocenters. The van der Waals surface area contributed by atoms with Crippen molar-refractivity contribution >= 4 is 22.4 Å². The summed E-state index contributed by atoms with van der Waals surface area (Å²) < 4.78 is 74.5. The van der Waals surface area contributed by atoms with Crippen molar-refractivity contribution in [1.29, 1.82) is 0 Å². The van der Waals surface area contributed by atoms with Crippen LogP contribution in [0, 0.1) is 17.5 Å². The van der Waals surface area contributed by atoms with Crippen LogP contribution in [0.15, 0.2) is 53.6 Å². The lowest BCUT2D eigenvalue weighted by Gasteiger charge is -2.13. The molecule has 3 rings (SSSR count). The van der Waals surface area contributed by atoms with E-state index in [0.717, 1.165) is 28.2 Å². The molecule has 0 radical (unpaired) electrons. The van der Waals surface area contributed by atoms with Crippen molar-refractivity contribution in [1.82, 2.24) is 9.29 Å².